The summed E-state index contributed by atoms with van der Waals surface area (Å²) in [4.78, 5) is 18.0. The number of aromatic amines is 1. The summed E-state index contributed by atoms with van der Waals surface area (Å²) in [5, 5.41) is 9.03. The van der Waals surface area contributed by atoms with Crippen molar-refractivity contribution in [1.82, 2.24) is 9.97 Å². The fourth-order valence-corrected chi connectivity index (χ4v) is 2.14. The molecule has 0 radical (unpaired) electrons. The van der Waals surface area contributed by atoms with Crippen molar-refractivity contribution in [1.29, 1.82) is 0 Å². The van der Waals surface area contributed by atoms with Crippen molar-refractivity contribution < 1.29 is 18.7 Å². The molecular formula is C14H7ClF2N2O2. The van der Waals surface area contributed by atoms with E-state index in [2.05, 4.69) is 9.97 Å². The maximum absolute atomic E-state index is 13.5. The number of carboxylic acids is 1. The Kier molecular flexibility index (Phi) is 3.10. The average molecular weight is 309 g/mol. The standard InChI is InChI=1S/C14H7ClF2N2O2/c15-9-2-1-6(3-10(9)17)13-18-11-5-7(16)4-8(14(20)21)12(11)19-13/h1-5H,(H,18,19)(H,20,21). The van der Waals surface area contributed by atoms with E-state index in [0.29, 0.717) is 5.56 Å². The Morgan fingerprint density at radius 3 is 2.67 bits per heavy atom. The Morgan fingerprint density at radius 2 is 2.00 bits per heavy atom. The van der Waals surface area contributed by atoms with Crippen molar-refractivity contribution >= 4 is 28.6 Å². The minimum Gasteiger partial charge on any atom is -0.478 e. The first kappa shape index (κ1) is 13.5. The third-order valence-electron chi connectivity index (χ3n) is 2.97. The number of carboxylic acid groups (broad SMARTS) is 1. The number of carbonyl (C=O) groups is 1. The summed E-state index contributed by atoms with van der Waals surface area (Å²) in [5.41, 5.74) is 0.443. The van der Waals surface area contributed by atoms with Crippen LogP contribution in [0.15, 0.2) is 30.3 Å². The molecule has 4 nitrogen and oxygen atoms in total. The predicted molar refractivity (Wildman–Crippen MR) is 73.4 cm³/mol. The van der Waals surface area contributed by atoms with E-state index < -0.39 is 17.6 Å². The van der Waals surface area contributed by atoms with Gasteiger partial charge in [-0.2, -0.15) is 0 Å². The van der Waals surface area contributed by atoms with Crippen LogP contribution in [0, 0.1) is 11.6 Å². The highest BCUT2D eigenvalue weighted by Crippen LogP contribution is 2.26. The fourth-order valence-electron chi connectivity index (χ4n) is 2.03. The highest BCUT2D eigenvalue weighted by Gasteiger charge is 2.16. The van der Waals surface area contributed by atoms with Gasteiger partial charge in [0.2, 0.25) is 0 Å². The zero-order chi connectivity index (χ0) is 15.1. The summed E-state index contributed by atoms with van der Waals surface area (Å²) >= 11 is 5.60. The maximum Gasteiger partial charge on any atom is 0.338 e. The molecule has 3 aromatic rings. The van der Waals surface area contributed by atoms with Crippen LogP contribution >= 0.6 is 11.6 Å². The number of hydrogen-bond acceptors (Lipinski definition) is 2. The van der Waals surface area contributed by atoms with Gasteiger partial charge in [0.15, 0.2) is 0 Å². The van der Waals surface area contributed by atoms with E-state index in [-0.39, 0.29) is 27.4 Å². The van der Waals surface area contributed by atoms with Gasteiger partial charge in [0.1, 0.15) is 23.0 Å². The zero-order valence-electron chi connectivity index (χ0n) is 10.3. The van der Waals surface area contributed by atoms with Gasteiger partial charge in [0, 0.05) is 5.56 Å². The lowest BCUT2D eigenvalue weighted by Crippen LogP contribution is -1.98. The number of fused-ring (bicyclic) bond motifs is 1. The molecule has 7 heteroatoms. The molecule has 0 spiro atoms. The minimum absolute atomic E-state index is 0.0351. The Hall–Kier alpha value is -2.47. The topological polar surface area (TPSA) is 66.0 Å². The third kappa shape index (κ3) is 2.34. The lowest BCUT2D eigenvalue weighted by Gasteiger charge is -1.98. The molecule has 0 atom stereocenters. The second-order valence-electron chi connectivity index (χ2n) is 4.37. The van der Waals surface area contributed by atoms with Crippen molar-refractivity contribution in [3.8, 4) is 11.4 Å². The predicted octanol–water partition coefficient (Wildman–Crippen LogP) is 3.86. The second-order valence-corrected chi connectivity index (χ2v) is 4.78. The third-order valence-corrected chi connectivity index (χ3v) is 3.28. The van der Waals surface area contributed by atoms with Gasteiger partial charge in [-0.1, -0.05) is 11.6 Å². The van der Waals surface area contributed by atoms with Crippen molar-refractivity contribution in [3.05, 3.63) is 52.6 Å². The lowest BCUT2D eigenvalue weighted by atomic mass is 10.2. The smallest absolute Gasteiger partial charge is 0.338 e. The molecule has 1 aromatic heterocycles. The number of imidazole rings is 1. The van der Waals surface area contributed by atoms with E-state index in [9.17, 15) is 13.6 Å². The number of benzene rings is 2. The first-order valence-electron chi connectivity index (χ1n) is 5.83. The quantitative estimate of drug-likeness (QED) is 0.755. The van der Waals surface area contributed by atoms with Crippen LogP contribution in [-0.2, 0) is 0 Å². The van der Waals surface area contributed by atoms with Crippen LogP contribution < -0.4 is 0 Å². The van der Waals surface area contributed by atoms with Gasteiger partial charge in [0.25, 0.3) is 0 Å². The van der Waals surface area contributed by atoms with E-state index in [1.807, 2.05) is 0 Å². The van der Waals surface area contributed by atoms with Gasteiger partial charge in [0.05, 0.1) is 16.1 Å². The minimum atomic E-state index is -1.29. The van der Waals surface area contributed by atoms with Crippen LogP contribution in [0.4, 0.5) is 8.78 Å². The highest BCUT2D eigenvalue weighted by atomic mass is 35.5. The summed E-state index contributed by atoms with van der Waals surface area (Å²) < 4.78 is 26.9. The fraction of sp³-hybridized carbons (Fsp3) is 0. The van der Waals surface area contributed by atoms with Crippen LogP contribution in [0.5, 0.6) is 0 Å². The van der Waals surface area contributed by atoms with E-state index in [0.717, 1.165) is 18.2 Å². The van der Waals surface area contributed by atoms with Crippen LogP contribution in [0.2, 0.25) is 5.02 Å². The Labute approximate surface area is 122 Å². The maximum atomic E-state index is 13.5. The van der Waals surface area contributed by atoms with E-state index in [4.69, 9.17) is 16.7 Å². The summed E-state index contributed by atoms with van der Waals surface area (Å²) in [7, 11) is 0. The molecule has 3 rings (SSSR count). The van der Waals surface area contributed by atoms with Crippen LogP contribution in [-0.4, -0.2) is 21.0 Å². The summed E-state index contributed by atoms with van der Waals surface area (Å²) in [6.07, 6.45) is 0. The molecule has 0 aliphatic heterocycles. The number of rotatable bonds is 2. The number of H-pyrrole nitrogens is 1. The molecule has 2 aromatic carbocycles. The number of nitrogens with zero attached hydrogens (tertiary/aromatic N) is 1. The molecule has 0 aliphatic rings. The average Bonchev–Trinajstić information content (AvgIpc) is 2.84. The molecule has 0 unspecified atom stereocenters. The number of halogens is 3. The lowest BCUT2D eigenvalue weighted by molar-refractivity contribution is 0.0698. The molecule has 106 valence electrons. The SMILES string of the molecule is O=C(O)c1cc(F)cc2[nH]c(-c3ccc(Cl)c(F)c3)nc12. The number of nitrogens with one attached hydrogen (secondary N) is 1. The van der Waals surface area contributed by atoms with E-state index in [1.54, 1.807) is 0 Å². The van der Waals surface area contributed by atoms with Gasteiger partial charge < -0.3 is 10.1 Å². The molecular weight excluding hydrogens is 302 g/mol. The van der Waals surface area contributed by atoms with Crippen LogP contribution in [0.25, 0.3) is 22.4 Å². The van der Waals surface area contributed by atoms with Crippen LogP contribution in [0.3, 0.4) is 0 Å². The summed E-state index contributed by atoms with van der Waals surface area (Å²) in [6.45, 7) is 0. The van der Waals surface area contributed by atoms with Crippen molar-refractivity contribution in [2.45, 2.75) is 0 Å². The van der Waals surface area contributed by atoms with Crippen LogP contribution in [0.1, 0.15) is 10.4 Å². The van der Waals surface area contributed by atoms with E-state index in [1.165, 1.54) is 12.1 Å². The van der Waals surface area contributed by atoms with Crippen molar-refractivity contribution in [2.24, 2.45) is 0 Å². The van der Waals surface area contributed by atoms with Gasteiger partial charge in [-0.25, -0.2) is 18.6 Å². The molecule has 1 heterocycles. The zero-order valence-corrected chi connectivity index (χ0v) is 11.1. The van der Waals surface area contributed by atoms with Gasteiger partial charge >= 0.3 is 5.97 Å². The number of aromatic carboxylic acids is 1. The Bertz CT molecular complexity index is 877. The second kappa shape index (κ2) is 4.82. The summed E-state index contributed by atoms with van der Waals surface area (Å²) in [6, 6.07) is 6.07. The van der Waals surface area contributed by atoms with E-state index >= 15 is 0 Å². The molecule has 0 amide bonds. The largest absolute Gasteiger partial charge is 0.478 e. The first-order chi connectivity index (χ1) is 9.95. The summed E-state index contributed by atoms with van der Waals surface area (Å²) in [5.74, 6) is -2.38. The monoisotopic (exact) mass is 308 g/mol. The first-order valence-corrected chi connectivity index (χ1v) is 6.21. The van der Waals surface area contributed by atoms with Gasteiger partial charge in [-0.3, -0.25) is 0 Å². The molecule has 0 saturated heterocycles. The Balaban J connectivity index is 2.23. The Morgan fingerprint density at radius 1 is 1.24 bits per heavy atom. The molecule has 0 saturated carbocycles. The number of hydrogen-bond donors (Lipinski definition) is 2. The number of aromatic nitrogens is 2. The van der Waals surface area contributed by atoms with Crippen molar-refractivity contribution in [2.75, 3.05) is 0 Å². The molecule has 0 bridgehead atoms. The molecule has 21 heavy (non-hydrogen) atoms. The molecule has 0 aliphatic carbocycles. The molecule has 2 N–H and O–H groups in total. The van der Waals surface area contributed by atoms with Gasteiger partial charge in [-0.05, 0) is 30.3 Å². The highest BCUT2D eigenvalue weighted by molar-refractivity contribution is 6.30. The molecule has 0 fully saturated rings. The van der Waals surface area contributed by atoms with Crippen molar-refractivity contribution in [3.63, 3.8) is 0 Å². The van der Waals surface area contributed by atoms with Gasteiger partial charge in [-0.15, -0.1) is 0 Å². The normalized spacial score (nSPS) is 11.0.